The number of rotatable bonds is 7. The summed E-state index contributed by atoms with van der Waals surface area (Å²) in [6.07, 6.45) is 1.63. The molecule has 140 valence electrons. The Balaban J connectivity index is 1.83. The van der Waals surface area contributed by atoms with Gasteiger partial charge in [0.25, 0.3) is 0 Å². The molecule has 2 N–H and O–H groups in total. The Kier molecular flexibility index (Phi) is 5.35. The van der Waals surface area contributed by atoms with Crippen LogP contribution >= 0.6 is 0 Å². The molecular weight excluding hydrogens is 346 g/mol. The maximum absolute atomic E-state index is 11.5. The highest BCUT2D eigenvalue weighted by Gasteiger charge is 2.14. The minimum atomic E-state index is -1.04. The Hall–Kier alpha value is -3.42. The summed E-state index contributed by atoms with van der Waals surface area (Å²) in [6.45, 7) is 4.68. The molecule has 0 bridgehead atoms. The number of nitrogens with one attached hydrogen (secondary N) is 1. The lowest BCUT2D eigenvalue weighted by Gasteiger charge is -2.10. The van der Waals surface area contributed by atoms with Crippen LogP contribution in [0.2, 0.25) is 0 Å². The van der Waals surface area contributed by atoms with E-state index in [0.717, 1.165) is 11.4 Å². The molecular formula is C19H21N5O3. The van der Waals surface area contributed by atoms with Gasteiger partial charge in [-0.2, -0.15) is 5.10 Å². The van der Waals surface area contributed by atoms with E-state index in [1.165, 1.54) is 0 Å². The van der Waals surface area contributed by atoms with Gasteiger partial charge in [-0.25, -0.2) is 14.8 Å². The van der Waals surface area contributed by atoms with Crippen molar-refractivity contribution in [2.24, 2.45) is 7.05 Å². The number of benzene rings is 1. The van der Waals surface area contributed by atoms with Crippen LogP contribution in [0.25, 0.3) is 11.3 Å². The number of hydrogen-bond acceptors (Lipinski definition) is 6. The monoisotopic (exact) mass is 367 g/mol. The second-order valence-corrected chi connectivity index (χ2v) is 5.97. The number of anilines is 1. The molecule has 0 atom stereocenters. The summed E-state index contributed by atoms with van der Waals surface area (Å²) < 4.78 is 7.18. The second-order valence-electron chi connectivity index (χ2n) is 5.97. The van der Waals surface area contributed by atoms with Gasteiger partial charge in [0.1, 0.15) is 11.3 Å². The lowest BCUT2D eigenvalue weighted by atomic mass is 10.1. The van der Waals surface area contributed by atoms with E-state index >= 15 is 0 Å². The zero-order valence-electron chi connectivity index (χ0n) is 15.4. The predicted molar refractivity (Wildman–Crippen MR) is 101 cm³/mol. The van der Waals surface area contributed by atoms with Crippen molar-refractivity contribution in [3.63, 3.8) is 0 Å². The third-order valence-electron chi connectivity index (χ3n) is 3.99. The Labute approximate surface area is 156 Å². The van der Waals surface area contributed by atoms with Crippen LogP contribution in [0.3, 0.4) is 0 Å². The lowest BCUT2D eigenvalue weighted by molar-refractivity contribution is 0.0692. The zero-order valence-corrected chi connectivity index (χ0v) is 15.4. The van der Waals surface area contributed by atoms with E-state index in [1.807, 2.05) is 27.0 Å². The Morgan fingerprint density at radius 3 is 2.78 bits per heavy atom. The summed E-state index contributed by atoms with van der Waals surface area (Å²) in [5, 5.41) is 16.9. The van der Waals surface area contributed by atoms with Crippen molar-refractivity contribution in [2.75, 3.05) is 11.9 Å². The number of aromatic nitrogens is 4. The molecule has 0 aliphatic heterocycles. The van der Waals surface area contributed by atoms with Crippen LogP contribution in [0, 0.1) is 6.92 Å². The zero-order chi connectivity index (χ0) is 19.4. The third-order valence-corrected chi connectivity index (χ3v) is 3.99. The predicted octanol–water partition coefficient (Wildman–Crippen LogP) is 2.89. The van der Waals surface area contributed by atoms with Crippen molar-refractivity contribution < 1.29 is 14.6 Å². The fourth-order valence-electron chi connectivity index (χ4n) is 2.74. The Morgan fingerprint density at radius 1 is 1.30 bits per heavy atom. The van der Waals surface area contributed by atoms with E-state index in [4.69, 9.17) is 4.74 Å². The number of aromatic carboxylic acids is 1. The minimum absolute atomic E-state index is 0.104. The molecule has 0 fully saturated rings. The van der Waals surface area contributed by atoms with Crippen molar-refractivity contribution >= 4 is 11.9 Å². The summed E-state index contributed by atoms with van der Waals surface area (Å²) in [7, 11) is 1.88. The molecule has 0 saturated heterocycles. The number of carboxylic acid groups (broad SMARTS) is 1. The van der Waals surface area contributed by atoms with Gasteiger partial charge in [0.05, 0.1) is 30.2 Å². The summed E-state index contributed by atoms with van der Waals surface area (Å²) in [4.78, 5) is 20.2. The van der Waals surface area contributed by atoms with Crippen LogP contribution in [0.5, 0.6) is 5.75 Å². The Bertz CT molecular complexity index is 968. The minimum Gasteiger partial charge on any atom is -0.493 e. The van der Waals surface area contributed by atoms with E-state index in [-0.39, 0.29) is 5.56 Å². The van der Waals surface area contributed by atoms with E-state index in [2.05, 4.69) is 20.4 Å². The van der Waals surface area contributed by atoms with Crippen molar-refractivity contribution in [2.45, 2.75) is 20.4 Å². The number of carboxylic acids is 1. The fraction of sp³-hybridized carbons (Fsp3) is 0.263. The van der Waals surface area contributed by atoms with Gasteiger partial charge < -0.3 is 15.2 Å². The van der Waals surface area contributed by atoms with E-state index < -0.39 is 5.97 Å². The van der Waals surface area contributed by atoms with Crippen molar-refractivity contribution in [1.82, 2.24) is 19.7 Å². The molecule has 8 heteroatoms. The molecule has 0 saturated carbocycles. The maximum Gasteiger partial charge on any atom is 0.339 e. The van der Waals surface area contributed by atoms with Crippen LogP contribution in [0.15, 0.2) is 36.5 Å². The van der Waals surface area contributed by atoms with Gasteiger partial charge in [-0.1, -0.05) is 0 Å². The first kappa shape index (κ1) is 18.4. The number of hydrogen-bond donors (Lipinski definition) is 2. The Morgan fingerprint density at radius 2 is 2.11 bits per heavy atom. The molecule has 1 aromatic carbocycles. The number of aryl methyl sites for hydroxylation is 2. The molecule has 0 aliphatic carbocycles. The van der Waals surface area contributed by atoms with Gasteiger partial charge >= 0.3 is 5.97 Å². The number of ether oxygens (including phenoxy) is 1. The van der Waals surface area contributed by atoms with Gasteiger partial charge in [-0.3, -0.25) is 4.68 Å². The van der Waals surface area contributed by atoms with Crippen LogP contribution in [0.1, 0.15) is 28.7 Å². The molecule has 0 amide bonds. The fourth-order valence-corrected chi connectivity index (χ4v) is 2.74. The van der Waals surface area contributed by atoms with E-state index in [1.54, 1.807) is 35.1 Å². The highest BCUT2D eigenvalue weighted by Crippen LogP contribution is 2.26. The molecule has 3 rings (SSSR count). The van der Waals surface area contributed by atoms with Gasteiger partial charge in [-0.15, -0.1) is 0 Å². The summed E-state index contributed by atoms with van der Waals surface area (Å²) in [5.41, 5.74) is 3.36. The lowest BCUT2D eigenvalue weighted by Crippen LogP contribution is -2.08. The van der Waals surface area contributed by atoms with E-state index in [0.29, 0.717) is 36.1 Å². The van der Waals surface area contributed by atoms with Crippen molar-refractivity contribution in [3.8, 4) is 17.0 Å². The molecule has 0 aliphatic rings. The molecule has 0 spiro atoms. The second kappa shape index (κ2) is 7.86. The highest BCUT2D eigenvalue weighted by molar-refractivity contribution is 5.92. The summed E-state index contributed by atoms with van der Waals surface area (Å²) in [6, 6.07) is 8.72. The standard InChI is InChI=1S/C19H21N5O3/c1-4-27-17-6-5-13(10-15(17)18(25)26)16-7-8-20-19(22-16)21-11-14-9-12(2)23-24(14)3/h5-10H,4,11H2,1-3H3,(H,25,26)(H,20,21,22). The third kappa shape index (κ3) is 4.22. The van der Waals surface area contributed by atoms with Gasteiger partial charge in [0.2, 0.25) is 5.95 Å². The van der Waals surface area contributed by atoms with Crippen LogP contribution < -0.4 is 10.1 Å². The number of carbonyl (C=O) groups is 1. The van der Waals surface area contributed by atoms with Gasteiger partial charge in [0.15, 0.2) is 0 Å². The van der Waals surface area contributed by atoms with Crippen LogP contribution in [-0.2, 0) is 13.6 Å². The first-order valence-electron chi connectivity index (χ1n) is 8.55. The van der Waals surface area contributed by atoms with E-state index in [9.17, 15) is 9.90 Å². The SMILES string of the molecule is CCOc1ccc(-c2ccnc(NCc3cc(C)nn3C)n2)cc1C(=O)O. The van der Waals surface area contributed by atoms with Crippen LogP contribution in [0.4, 0.5) is 5.95 Å². The molecule has 0 radical (unpaired) electrons. The smallest absolute Gasteiger partial charge is 0.339 e. The van der Waals surface area contributed by atoms with Crippen LogP contribution in [-0.4, -0.2) is 37.4 Å². The number of nitrogens with zero attached hydrogens (tertiary/aromatic N) is 4. The topological polar surface area (TPSA) is 102 Å². The van der Waals surface area contributed by atoms with Gasteiger partial charge in [0, 0.05) is 18.8 Å². The first-order valence-corrected chi connectivity index (χ1v) is 8.55. The summed E-state index contributed by atoms with van der Waals surface area (Å²) in [5.74, 6) is -0.246. The largest absolute Gasteiger partial charge is 0.493 e. The van der Waals surface area contributed by atoms with Crippen molar-refractivity contribution in [3.05, 3.63) is 53.5 Å². The van der Waals surface area contributed by atoms with Gasteiger partial charge in [-0.05, 0) is 44.2 Å². The average Bonchev–Trinajstić information content (AvgIpc) is 2.98. The highest BCUT2D eigenvalue weighted by atomic mass is 16.5. The maximum atomic E-state index is 11.5. The molecule has 27 heavy (non-hydrogen) atoms. The molecule has 8 nitrogen and oxygen atoms in total. The first-order chi connectivity index (χ1) is 13.0. The average molecular weight is 367 g/mol. The molecule has 2 aromatic heterocycles. The molecule has 3 aromatic rings. The van der Waals surface area contributed by atoms with Crippen molar-refractivity contribution in [1.29, 1.82) is 0 Å². The summed E-state index contributed by atoms with van der Waals surface area (Å²) >= 11 is 0. The quantitative estimate of drug-likeness (QED) is 0.662. The molecule has 0 unspecified atom stereocenters. The molecule has 2 heterocycles. The normalized spacial score (nSPS) is 10.6.